The molecule has 6 heteroatoms. The summed E-state index contributed by atoms with van der Waals surface area (Å²) in [5.41, 5.74) is 0. The maximum atomic E-state index is 11.8. The van der Waals surface area contributed by atoms with E-state index in [9.17, 15) is 8.78 Å². The monoisotopic (exact) mass is 262 g/mol. The van der Waals surface area contributed by atoms with E-state index in [1.165, 1.54) is 0 Å². The molecule has 0 aliphatic heterocycles. The molecule has 18 heavy (non-hydrogen) atoms. The molecule has 0 unspecified atom stereocenters. The molecule has 0 spiro atoms. The molecule has 0 amide bonds. The Bertz CT molecular complexity index is 330. The summed E-state index contributed by atoms with van der Waals surface area (Å²) in [4.78, 5) is 4.09. The molecule has 4 nitrogen and oxygen atoms in total. The van der Waals surface area contributed by atoms with E-state index in [4.69, 9.17) is 9.15 Å². The van der Waals surface area contributed by atoms with Crippen LogP contribution in [-0.2, 0) is 17.7 Å². The van der Waals surface area contributed by atoms with Crippen molar-refractivity contribution in [2.45, 2.75) is 33.2 Å². The number of ether oxygens (including phenoxy) is 1. The van der Waals surface area contributed by atoms with Crippen molar-refractivity contribution in [3.05, 3.63) is 17.8 Å². The zero-order valence-electron chi connectivity index (χ0n) is 10.8. The predicted octanol–water partition coefficient (Wildman–Crippen LogP) is 2.24. The van der Waals surface area contributed by atoms with E-state index in [1.54, 1.807) is 6.20 Å². The van der Waals surface area contributed by atoms with Gasteiger partial charge in [-0.3, -0.25) is 0 Å². The lowest BCUT2D eigenvalue weighted by atomic mass is 10.2. The van der Waals surface area contributed by atoms with E-state index in [2.05, 4.69) is 24.1 Å². The minimum absolute atomic E-state index is 0.221. The third-order valence-electron chi connectivity index (χ3n) is 2.17. The molecule has 1 aromatic heterocycles. The highest BCUT2D eigenvalue weighted by Gasteiger charge is 2.06. The number of hydrogen-bond donors (Lipinski definition) is 1. The van der Waals surface area contributed by atoms with Gasteiger partial charge in [0.15, 0.2) is 0 Å². The van der Waals surface area contributed by atoms with Gasteiger partial charge in [0, 0.05) is 6.42 Å². The van der Waals surface area contributed by atoms with Crippen molar-refractivity contribution in [1.82, 2.24) is 10.3 Å². The normalized spacial score (nSPS) is 11.7. The summed E-state index contributed by atoms with van der Waals surface area (Å²) in [6.45, 7) is 5.41. The van der Waals surface area contributed by atoms with Gasteiger partial charge in [-0.05, 0) is 12.5 Å². The fourth-order valence-corrected chi connectivity index (χ4v) is 1.36. The van der Waals surface area contributed by atoms with E-state index < -0.39 is 13.0 Å². The lowest BCUT2D eigenvalue weighted by molar-refractivity contribution is 0.0176. The fraction of sp³-hybridized carbons (Fsp3) is 0.750. The minimum Gasteiger partial charge on any atom is -0.444 e. The Hall–Kier alpha value is -1.01. The van der Waals surface area contributed by atoms with E-state index in [-0.39, 0.29) is 6.61 Å². The fourth-order valence-electron chi connectivity index (χ4n) is 1.36. The summed E-state index contributed by atoms with van der Waals surface area (Å²) in [6, 6.07) is 0. The Labute approximate surface area is 106 Å². The highest BCUT2D eigenvalue weighted by molar-refractivity contribution is 4.94. The third kappa shape index (κ3) is 6.66. The molecule has 104 valence electrons. The van der Waals surface area contributed by atoms with Gasteiger partial charge in [-0.15, -0.1) is 0 Å². The maximum absolute atomic E-state index is 11.8. The molecule has 0 aliphatic rings. The number of aromatic nitrogens is 1. The van der Waals surface area contributed by atoms with Crippen molar-refractivity contribution in [1.29, 1.82) is 0 Å². The Balaban J connectivity index is 2.17. The second-order valence-electron chi connectivity index (χ2n) is 4.46. The maximum Gasteiger partial charge on any atom is 0.261 e. The van der Waals surface area contributed by atoms with Gasteiger partial charge in [0.2, 0.25) is 5.89 Å². The summed E-state index contributed by atoms with van der Waals surface area (Å²) in [5, 5.41) is 3.21. The highest BCUT2D eigenvalue weighted by atomic mass is 19.3. The van der Waals surface area contributed by atoms with Gasteiger partial charge in [-0.2, -0.15) is 0 Å². The third-order valence-corrected chi connectivity index (χ3v) is 2.17. The number of halogens is 2. The van der Waals surface area contributed by atoms with Crippen LogP contribution in [0.5, 0.6) is 0 Å². The summed E-state index contributed by atoms with van der Waals surface area (Å²) in [7, 11) is 0. The van der Waals surface area contributed by atoms with Gasteiger partial charge >= 0.3 is 0 Å². The second-order valence-corrected chi connectivity index (χ2v) is 4.46. The van der Waals surface area contributed by atoms with Gasteiger partial charge in [0.05, 0.1) is 19.3 Å². The van der Waals surface area contributed by atoms with Crippen LogP contribution in [-0.4, -0.2) is 31.2 Å². The number of alkyl halides is 2. The van der Waals surface area contributed by atoms with Crippen LogP contribution in [0.1, 0.15) is 25.5 Å². The molecule has 0 radical (unpaired) electrons. The van der Waals surface area contributed by atoms with Gasteiger partial charge in [-0.1, -0.05) is 13.8 Å². The Morgan fingerprint density at radius 1 is 1.44 bits per heavy atom. The first-order chi connectivity index (χ1) is 8.58. The number of nitrogens with zero attached hydrogens (tertiary/aromatic N) is 1. The second kappa shape index (κ2) is 8.16. The van der Waals surface area contributed by atoms with Crippen LogP contribution < -0.4 is 5.32 Å². The van der Waals surface area contributed by atoms with Crippen LogP contribution in [0.15, 0.2) is 10.6 Å². The first kappa shape index (κ1) is 15.0. The molecule has 0 aliphatic carbocycles. The molecule has 0 atom stereocenters. The molecule has 0 saturated carbocycles. The Morgan fingerprint density at radius 3 is 2.89 bits per heavy atom. The Kier molecular flexibility index (Phi) is 6.82. The molecule has 0 aromatic carbocycles. The quantitative estimate of drug-likeness (QED) is 0.693. The van der Waals surface area contributed by atoms with Crippen molar-refractivity contribution in [2.75, 3.05) is 19.8 Å². The van der Waals surface area contributed by atoms with Crippen molar-refractivity contribution in [3.63, 3.8) is 0 Å². The molecular weight excluding hydrogens is 242 g/mol. The van der Waals surface area contributed by atoms with Crippen LogP contribution in [0.25, 0.3) is 0 Å². The van der Waals surface area contributed by atoms with Gasteiger partial charge < -0.3 is 14.5 Å². The summed E-state index contributed by atoms with van der Waals surface area (Å²) in [6.07, 6.45) is -0.349. The zero-order valence-corrected chi connectivity index (χ0v) is 10.8. The summed E-state index contributed by atoms with van der Waals surface area (Å²) in [5.74, 6) is 1.84. The van der Waals surface area contributed by atoms with E-state index in [0.29, 0.717) is 30.5 Å². The highest BCUT2D eigenvalue weighted by Crippen LogP contribution is 2.05. The average Bonchev–Trinajstić information content (AvgIpc) is 2.72. The zero-order chi connectivity index (χ0) is 13.4. The van der Waals surface area contributed by atoms with Crippen molar-refractivity contribution < 1.29 is 17.9 Å². The summed E-state index contributed by atoms with van der Waals surface area (Å²) < 4.78 is 33.8. The van der Waals surface area contributed by atoms with Crippen molar-refractivity contribution in [3.8, 4) is 0 Å². The lowest BCUT2D eigenvalue weighted by Crippen LogP contribution is -2.19. The van der Waals surface area contributed by atoms with E-state index in [0.717, 1.165) is 6.54 Å². The predicted molar refractivity (Wildman–Crippen MR) is 63.6 cm³/mol. The largest absolute Gasteiger partial charge is 0.444 e. The first-order valence-electron chi connectivity index (χ1n) is 6.08. The van der Waals surface area contributed by atoms with Crippen molar-refractivity contribution >= 4 is 0 Å². The standard InChI is InChI=1S/C12H20F2N2O2/c1-9(2)5-15-7-12-16-6-10(18-12)3-4-17-8-11(13)14/h6,9,11,15H,3-5,7-8H2,1-2H3. The lowest BCUT2D eigenvalue weighted by Gasteiger charge is -2.04. The molecule has 0 bridgehead atoms. The first-order valence-corrected chi connectivity index (χ1v) is 6.08. The topological polar surface area (TPSA) is 47.3 Å². The van der Waals surface area contributed by atoms with E-state index >= 15 is 0 Å². The van der Waals surface area contributed by atoms with Gasteiger partial charge in [0.1, 0.15) is 12.4 Å². The SMILES string of the molecule is CC(C)CNCc1ncc(CCOCC(F)F)o1. The van der Waals surface area contributed by atoms with Crippen LogP contribution in [0.3, 0.4) is 0 Å². The molecule has 0 fully saturated rings. The molecule has 1 heterocycles. The van der Waals surface area contributed by atoms with Crippen LogP contribution in [0, 0.1) is 5.92 Å². The van der Waals surface area contributed by atoms with Crippen LogP contribution in [0.2, 0.25) is 0 Å². The number of hydrogen-bond acceptors (Lipinski definition) is 4. The van der Waals surface area contributed by atoms with Crippen LogP contribution in [0.4, 0.5) is 8.78 Å². The van der Waals surface area contributed by atoms with Gasteiger partial charge in [0.25, 0.3) is 6.43 Å². The van der Waals surface area contributed by atoms with Crippen LogP contribution >= 0.6 is 0 Å². The van der Waals surface area contributed by atoms with E-state index in [1.807, 2.05) is 0 Å². The number of rotatable bonds is 9. The number of nitrogens with one attached hydrogen (secondary N) is 1. The smallest absolute Gasteiger partial charge is 0.261 e. The average molecular weight is 262 g/mol. The van der Waals surface area contributed by atoms with Crippen molar-refractivity contribution in [2.24, 2.45) is 5.92 Å². The minimum atomic E-state index is -2.42. The molecule has 1 aromatic rings. The summed E-state index contributed by atoms with van der Waals surface area (Å²) >= 11 is 0. The molecular formula is C12H20F2N2O2. The molecule has 1 N–H and O–H groups in total. The van der Waals surface area contributed by atoms with Gasteiger partial charge in [-0.25, -0.2) is 13.8 Å². The number of oxazole rings is 1. The molecule has 0 saturated heterocycles. The molecule has 1 rings (SSSR count). The Morgan fingerprint density at radius 2 is 2.22 bits per heavy atom.